The number of aryl methyl sites for hydroxylation is 1. The molecule has 0 saturated heterocycles. The topological polar surface area (TPSA) is 27.1 Å². The first-order valence-electron chi connectivity index (χ1n) is 4.34. The Bertz CT molecular complexity index is 230. The van der Waals surface area contributed by atoms with Gasteiger partial charge in [-0.05, 0) is 20.8 Å². The van der Waals surface area contributed by atoms with Crippen molar-refractivity contribution in [3.8, 4) is 0 Å². The summed E-state index contributed by atoms with van der Waals surface area (Å²) in [4.78, 5) is 4.05. The van der Waals surface area contributed by atoms with Crippen LogP contribution in [0.25, 0.3) is 0 Å². The van der Waals surface area contributed by atoms with E-state index in [1.54, 1.807) is 0 Å². The Morgan fingerprint density at radius 3 is 2.92 bits per heavy atom. The molecule has 0 aliphatic carbocycles. The maximum atomic E-state index is 5.47. The summed E-state index contributed by atoms with van der Waals surface area (Å²) in [5.74, 6) is 0. The molecule has 0 radical (unpaired) electrons. The largest absolute Gasteiger partial charge is 0.373 e. The highest BCUT2D eigenvalue weighted by Crippen LogP contribution is 2.02. The van der Waals surface area contributed by atoms with Crippen LogP contribution in [0.3, 0.4) is 0 Å². The minimum absolute atomic E-state index is 0.283. The second-order valence-electron chi connectivity index (χ2n) is 3.03. The Morgan fingerprint density at radius 1 is 1.58 bits per heavy atom. The van der Waals surface area contributed by atoms with Gasteiger partial charge in [-0.3, -0.25) is 0 Å². The molecule has 0 bridgehead atoms. The number of rotatable bonds is 4. The second kappa shape index (κ2) is 4.26. The third-order valence-corrected chi connectivity index (χ3v) is 1.70. The second-order valence-corrected chi connectivity index (χ2v) is 3.03. The number of nitrogens with zero attached hydrogens (tertiary/aromatic N) is 2. The predicted octanol–water partition coefficient (Wildman–Crippen LogP) is 1.83. The first-order valence-corrected chi connectivity index (χ1v) is 4.34. The third-order valence-electron chi connectivity index (χ3n) is 1.70. The average molecular weight is 168 g/mol. The van der Waals surface area contributed by atoms with Crippen LogP contribution >= 0.6 is 0 Å². The summed E-state index contributed by atoms with van der Waals surface area (Å²) in [6.45, 7) is 7.78. The lowest BCUT2D eigenvalue weighted by atomic mass is 10.4. The van der Waals surface area contributed by atoms with Gasteiger partial charge in [-0.2, -0.15) is 0 Å². The normalized spacial score (nSPS) is 11.0. The van der Waals surface area contributed by atoms with E-state index in [9.17, 15) is 0 Å². The van der Waals surface area contributed by atoms with E-state index >= 15 is 0 Å². The Labute approximate surface area is 73.4 Å². The smallest absolute Gasteiger partial charge is 0.0948 e. The van der Waals surface area contributed by atoms with Crippen molar-refractivity contribution in [2.24, 2.45) is 0 Å². The number of aromatic nitrogens is 2. The SMILES string of the molecule is CCn1cncc1COC(C)C. The van der Waals surface area contributed by atoms with Gasteiger partial charge in [0.25, 0.3) is 0 Å². The molecule has 0 spiro atoms. The Kier molecular flexibility index (Phi) is 3.29. The molecule has 1 heterocycles. The zero-order chi connectivity index (χ0) is 8.97. The Hall–Kier alpha value is -0.830. The van der Waals surface area contributed by atoms with E-state index in [4.69, 9.17) is 4.74 Å². The molecule has 1 aromatic rings. The fourth-order valence-corrected chi connectivity index (χ4v) is 1.01. The van der Waals surface area contributed by atoms with Gasteiger partial charge in [0.05, 0.1) is 30.9 Å². The van der Waals surface area contributed by atoms with Crippen molar-refractivity contribution in [3.63, 3.8) is 0 Å². The molecule has 1 rings (SSSR count). The number of hydrogen-bond donors (Lipinski definition) is 0. The van der Waals surface area contributed by atoms with Gasteiger partial charge in [0.1, 0.15) is 0 Å². The molecular formula is C9H16N2O. The lowest BCUT2D eigenvalue weighted by molar-refractivity contribution is 0.0618. The zero-order valence-electron chi connectivity index (χ0n) is 7.95. The average Bonchev–Trinajstić information content (AvgIpc) is 2.47. The summed E-state index contributed by atoms with van der Waals surface area (Å²) in [5, 5.41) is 0. The van der Waals surface area contributed by atoms with Crippen molar-refractivity contribution < 1.29 is 4.74 Å². The van der Waals surface area contributed by atoms with Crippen molar-refractivity contribution in [2.45, 2.75) is 40.0 Å². The van der Waals surface area contributed by atoms with Crippen LogP contribution in [-0.4, -0.2) is 15.7 Å². The lowest BCUT2D eigenvalue weighted by Crippen LogP contribution is -2.06. The fourth-order valence-electron chi connectivity index (χ4n) is 1.01. The molecular weight excluding hydrogens is 152 g/mol. The van der Waals surface area contributed by atoms with Crippen LogP contribution in [0.1, 0.15) is 26.5 Å². The fraction of sp³-hybridized carbons (Fsp3) is 0.667. The minimum Gasteiger partial charge on any atom is -0.373 e. The maximum Gasteiger partial charge on any atom is 0.0948 e. The molecule has 3 heteroatoms. The molecule has 0 aromatic carbocycles. The molecule has 0 saturated carbocycles. The zero-order valence-corrected chi connectivity index (χ0v) is 7.95. The van der Waals surface area contributed by atoms with Gasteiger partial charge in [0.2, 0.25) is 0 Å². The van der Waals surface area contributed by atoms with E-state index in [0.29, 0.717) is 6.61 Å². The highest BCUT2D eigenvalue weighted by Gasteiger charge is 2.00. The van der Waals surface area contributed by atoms with Gasteiger partial charge in [-0.15, -0.1) is 0 Å². The molecule has 0 aliphatic heterocycles. The lowest BCUT2D eigenvalue weighted by Gasteiger charge is -2.08. The summed E-state index contributed by atoms with van der Waals surface area (Å²) in [6.07, 6.45) is 3.97. The van der Waals surface area contributed by atoms with Crippen LogP contribution in [0.4, 0.5) is 0 Å². The quantitative estimate of drug-likeness (QED) is 0.685. The van der Waals surface area contributed by atoms with E-state index in [1.165, 1.54) is 0 Å². The van der Waals surface area contributed by atoms with Crippen LogP contribution in [-0.2, 0) is 17.9 Å². The summed E-state index contributed by atoms with van der Waals surface area (Å²) in [6, 6.07) is 0. The van der Waals surface area contributed by atoms with Gasteiger partial charge < -0.3 is 9.30 Å². The van der Waals surface area contributed by atoms with Gasteiger partial charge in [-0.1, -0.05) is 0 Å². The van der Waals surface area contributed by atoms with E-state index in [1.807, 2.05) is 26.4 Å². The molecule has 12 heavy (non-hydrogen) atoms. The molecule has 0 atom stereocenters. The van der Waals surface area contributed by atoms with E-state index < -0.39 is 0 Å². The van der Waals surface area contributed by atoms with Gasteiger partial charge in [-0.25, -0.2) is 4.98 Å². The molecule has 0 aliphatic rings. The van der Waals surface area contributed by atoms with Crippen LogP contribution in [0, 0.1) is 0 Å². The van der Waals surface area contributed by atoms with Crippen molar-refractivity contribution in [2.75, 3.05) is 0 Å². The highest BCUT2D eigenvalue weighted by molar-refractivity contribution is 4.95. The van der Waals surface area contributed by atoms with E-state index in [0.717, 1.165) is 12.2 Å². The van der Waals surface area contributed by atoms with Crippen LogP contribution in [0.5, 0.6) is 0 Å². The van der Waals surface area contributed by atoms with Crippen molar-refractivity contribution in [3.05, 3.63) is 18.2 Å². The predicted molar refractivity (Wildman–Crippen MR) is 47.8 cm³/mol. The van der Waals surface area contributed by atoms with Gasteiger partial charge >= 0.3 is 0 Å². The molecule has 0 fully saturated rings. The molecule has 0 unspecified atom stereocenters. The standard InChI is InChI=1S/C9H16N2O/c1-4-11-7-10-5-9(11)6-12-8(2)3/h5,7-8H,4,6H2,1-3H3. The Balaban J connectivity index is 2.50. The first kappa shape index (κ1) is 9.26. The van der Waals surface area contributed by atoms with Crippen molar-refractivity contribution in [1.29, 1.82) is 0 Å². The molecule has 1 aromatic heterocycles. The minimum atomic E-state index is 0.283. The summed E-state index contributed by atoms with van der Waals surface area (Å²) < 4.78 is 7.55. The maximum absolute atomic E-state index is 5.47. The van der Waals surface area contributed by atoms with E-state index in [-0.39, 0.29) is 6.10 Å². The van der Waals surface area contributed by atoms with Crippen LogP contribution < -0.4 is 0 Å². The molecule has 3 nitrogen and oxygen atoms in total. The van der Waals surface area contributed by atoms with Crippen LogP contribution in [0.2, 0.25) is 0 Å². The number of ether oxygens (including phenoxy) is 1. The highest BCUT2D eigenvalue weighted by atomic mass is 16.5. The molecule has 0 N–H and O–H groups in total. The van der Waals surface area contributed by atoms with Crippen molar-refractivity contribution >= 4 is 0 Å². The Morgan fingerprint density at radius 2 is 2.33 bits per heavy atom. The first-order chi connectivity index (χ1) is 5.74. The number of hydrogen-bond acceptors (Lipinski definition) is 2. The number of imidazole rings is 1. The monoisotopic (exact) mass is 168 g/mol. The van der Waals surface area contributed by atoms with E-state index in [2.05, 4.69) is 16.5 Å². The van der Waals surface area contributed by atoms with Crippen LogP contribution in [0.15, 0.2) is 12.5 Å². The third kappa shape index (κ3) is 2.34. The van der Waals surface area contributed by atoms with Crippen molar-refractivity contribution in [1.82, 2.24) is 9.55 Å². The van der Waals surface area contributed by atoms with Gasteiger partial charge in [0.15, 0.2) is 0 Å². The summed E-state index contributed by atoms with van der Waals surface area (Å²) in [5.41, 5.74) is 1.14. The summed E-state index contributed by atoms with van der Waals surface area (Å²) >= 11 is 0. The molecule has 0 amide bonds. The summed E-state index contributed by atoms with van der Waals surface area (Å²) in [7, 11) is 0. The van der Waals surface area contributed by atoms with Gasteiger partial charge in [0, 0.05) is 6.54 Å². The molecule has 68 valence electrons.